The third-order valence-corrected chi connectivity index (χ3v) is 16.9. The number of aliphatic hydroxyl groups excluding tert-OH is 1. The topological polar surface area (TPSA) is 263 Å². The first-order valence-electron chi connectivity index (χ1n) is 26.3. The third kappa shape index (κ3) is 18.7. The maximum Gasteiger partial charge on any atom is 2.00 e. The van der Waals surface area contributed by atoms with Gasteiger partial charge in [-0.05, 0) is 68.2 Å². The number of likely N-dealkylation sites (tertiary alicyclic amines) is 1. The molecule has 0 saturated carbocycles. The molecule has 4 heterocycles. The summed E-state index contributed by atoms with van der Waals surface area (Å²) in [7, 11) is 2.27. The number of rotatable bonds is 24. The van der Waals surface area contributed by atoms with E-state index in [4.69, 9.17) is 0 Å². The Morgan fingerprint density at radius 1 is 0.934 bits per heavy atom. The molecule has 76 heavy (non-hydrogen) atoms. The van der Waals surface area contributed by atoms with Crippen molar-refractivity contribution >= 4 is 57.2 Å². The summed E-state index contributed by atoms with van der Waals surface area (Å²) in [5.74, 6) is -1.26. The van der Waals surface area contributed by atoms with Gasteiger partial charge in [-0.3, -0.25) is 46.0 Å². The summed E-state index contributed by atoms with van der Waals surface area (Å²) >= 11 is 1.58. The molecule has 2 aromatic carbocycles. The van der Waals surface area contributed by atoms with Crippen LogP contribution in [-0.2, 0) is 65.1 Å². The predicted octanol–water partition coefficient (Wildman–Crippen LogP) is 1.39. The van der Waals surface area contributed by atoms with Crippen molar-refractivity contribution in [2.75, 3.05) is 64.9 Å². The Morgan fingerprint density at radius 3 is 2.37 bits per heavy atom. The number of amides is 6. The zero-order valence-electron chi connectivity index (χ0n) is 44.8. The van der Waals surface area contributed by atoms with Gasteiger partial charge in [0.05, 0.1) is 37.5 Å². The Bertz CT molecular complexity index is 2400. The molecule has 422 valence electrons. The first-order valence-corrected chi connectivity index (χ1v) is 29.2. The molecule has 23 heteroatoms. The Morgan fingerprint density at radius 2 is 1.67 bits per heavy atom. The summed E-state index contributed by atoms with van der Waals surface area (Å²) in [6.07, 6.45) is 6.71. The summed E-state index contributed by atoms with van der Waals surface area (Å²) in [6.45, 7) is 9.53. The number of likely N-dealkylation sites (N-methyl/N-ethyl adjacent to an activating group) is 1. The zero-order valence-corrected chi connectivity index (χ0v) is 49.0. The maximum atomic E-state index is 14.0. The fraction of sp³-hybridized carbons (Fsp3) is 0.623. The Hall–Kier alpha value is -4.17. The van der Waals surface area contributed by atoms with Crippen molar-refractivity contribution in [1.29, 1.82) is 0 Å². The number of hydrogen-bond acceptors (Lipinski definition) is 14. The molecular weight excluding hydrogens is 1190 g/mol. The SMILES string of the molecule is [CH2-]NC(C)[CH-]c1ccc(CNC(=O)[C@@H]2C[C@@H](O)CN2C(=O)[C@@H](NC(=O)CCCCCNC(=O)CN(C)C2CC(c3cccc(C4CSC(NC(=O)CNC(=O)C5CCN(S(C)(=O)=O)C5)N4)c3)CCN2)C(C)(C)C)cc1.[Os+2]. The molecule has 9 N–H and O–H groups in total. The van der Waals surface area contributed by atoms with Crippen LogP contribution in [0.5, 0.6) is 0 Å². The molecule has 9 atom stereocenters. The van der Waals surface area contributed by atoms with E-state index in [1.807, 2.05) is 70.3 Å². The smallest absolute Gasteiger partial charge is 0.477 e. The van der Waals surface area contributed by atoms with Crippen LogP contribution in [0.25, 0.3) is 0 Å². The molecule has 4 saturated heterocycles. The average Bonchev–Trinajstić information content (AvgIpc) is 4.16. The van der Waals surface area contributed by atoms with E-state index < -0.39 is 45.5 Å². The summed E-state index contributed by atoms with van der Waals surface area (Å²) in [5.41, 5.74) is 3.24. The van der Waals surface area contributed by atoms with E-state index in [0.717, 1.165) is 48.1 Å². The number of benzene rings is 2. The minimum Gasteiger partial charge on any atom is -0.477 e. The Labute approximate surface area is 467 Å². The number of aliphatic hydroxyl groups is 1. The van der Waals surface area contributed by atoms with E-state index >= 15 is 0 Å². The average molecular weight is 1270 g/mol. The van der Waals surface area contributed by atoms with E-state index in [-0.39, 0.29) is 125 Å². The summed E-state index contributed by atoms with van der Waals surface area (Å²) in [5, 5.41) is 35.0. The number of piperidine rings is 1. The second kappa shape index (κ2) is 29.2. The van der Waals surface area contributed by atoms with Crippen molar-refractivity contribution in [2.45, 2.75) is 133 Å². The molecule has 6 rings (SSSR count). The van der Waals surface area contributed by atoms with Gasteiger partial charge in [0.15, 0.2) is 0 Å². The molecule has 0 bridgehead atoms. The molecular formula is C53H81N11O9OsS2. The van der Waals surface area contributed by atoms with Crippen LogP contribution < -0.4 is 42.5 Å². The van der Waals surface area contributed by atoms with Crippen LogP contribution in [0.2, 0.25) is 0 Å². The van der Waals surface area contributed by atoms with Gasteiger partial charge < -0.3 is 47.2 Å². The molecule has 2 aromatic rings. The van der Waals surface area contributed by atoms with Gasteiger partial charge in [0, 0.05) is 57.4 Å². The van der Waals surface area contributed by atoms with Crippen LogP contribution in [0.15, 0.2) is 48.5 Å². The molecule has 4 aliphatic heterocycles. The van der Waals surface area contributed by atoms with Crippen molar-refractivity contribution in [3.63, 3.8) is 0 Å². The van der Waals surface area contributed by atoms with Crippen LogP contribution in [0.3, 0.4) is 0 Å². The van der Waals surface area contributed by atoms with Crippen LogP contribution in [-0.4, -0.2) is 164 Å². The van der Waals surface area contributed by atoms with E-state index in [9.17, 15) is 42.3 Å². The number of β-amino-alcohol motifs (C(OH)–C–C–N with tert-alkyl or cyclic N) is 1. The molecule has 4 fully saturated rings. The number of unbranched alkanes of at least 4 members (excludes halogenated alkanes) is 2. The summed E-state index contributed by atoms with van der Waals surface area (Å²) in [6, 6.07) is 14.6. The van der Waals surface area contributed by atoms with E-state index in [1.165, 1.54) is 14.8 Å². The Kier molecular flexibility index (Phi) is 24.0. The second-order valence-electron chi connectivity index (χ2n) is 21.6. The molecule has 0 spiro atoms. The monoisotopic (exact) mass is 1270 g/mol. The number of carbonyl (C=O) groups excluding carboxylic acids is 6. The number of carbonyl (C=O) groups is 6. The minimum absolute atomic E-state index is 0. The van der Waals surface area contributed by atoms with Crippen LogP contribution >= 0.6 is 11.8 Å². The van der Waals surface area contributed by atoms with Crippen LogP contribution in [0.1, 0.15) is 113 Å². The Balaban J connectivity index is 0.0000107. The van der Waals surface area contributed by atoms with E-state index in [1.54, 1.807) is 11.8 Å². The van der Waals surface area contributed by atoms with Crippen molar-refractivity contribution < 1.29 is 62.1 Å². The molecule has 4 aliphatic rings. The van der Waals surface area contributed by atoms with E-state index in [0.29, 0.717) is 38.8 Å². The number of nitrogens with zero attached hydrogens (tertiary/aromatic N) is 3. The quantitative estimate of drug-likeness (QED) is 0.0532. The van der Waals surface area contributed by atoms with Crippen LogP contribution in [0.4, 0.5) is 0 Å². The van der Waals surface area contributed by atoms with Crippen molar-refractivity contribution in [1.82, 2.24) is 56.6 Å². The normalized spacial score (nSPS) is 23.8. The molecule has 6 unspecified atom stereocenters. The molecule has 0 aromatic heterocycles. The largest absolute Gasteiger partial charge is 2.00 e. The number of thioether (sulfide) groups is 1. The molecule has 20 nitrogen and oxygen atoms in total. The van der Waals surface area contributed by atoms with Gasteiger partial charge in [-0.1, -0.05) is 70.0 Å². The number of hydrogen-bond donors (Lipinski definition) is 9. The van der Waals surface area contributed by atoms with Gasteiger partial charge >= 0.3 is 19.8 Å². The molecule has 6 amide bonds. The minimum atomic E-state index is -3.36. The first-order chi connectivity index (χ1) is 35.6. The fourth-order valence-corrected chi connectivity index (χ4v) is 12.1. The molecule has 0 radical (unpaired) electrons. The summed E-state index contributed by atoms with van der Waals surface area (Å²) in [4.78, 5) is 82.6. The van der Waals surface area contributed by atoms with Crippen molar-refractivity contribution in [3.8, 4) is 0 Å². The predicted molar refractivity (Wildman–Crippen MR) is 289 cm³/mol. The maximum absolute atomic E-state index is 14.0. The van der Waals surface area contributed by atoms with Crippen molar-refractivity contribution in [3.05, 3.63) is 84.3 Å². The molecule has 0 aliphatic carbocycles. The zero-order chi connectivity index (χ0) is 54.5. The van der Waals surface area contributed by atoms with Gasteiger partial charge in [-0.15, -0.1) is 23.9 Å². The third-order valence-electron chi connectivity index (χ3n) is 14.5. The standard InChI is InChI=1S/C53H81N11O9S2.Os/c1-34(54-5)24-35-15-17-36(18-16-35)28-57-50(70)43-27-41(65)31-64(43)51(71)48(53(2,3)4)60-45(66)14-9-8-10-21-56-47(68)32-62(6)44-26-38(19-22-55-44)37-12-11-13-39(25-37)42-33-74-52(59-42)61-46(67)29-58-49(69)40-20-23-63(30-40)75(7,72)73;/h11-13,15-18,24-25,34,38,40-44,48,52,54-55,59,65H,5,8-10,14,19-23,26-33H2,1-4,6-7H3,(H,56,68)(H,57,70)(H,58,69)(H,60,66)(H,61,67);/q-2;+2/t34?,38?,40?,41-,42?,43+,44?,48-,52?;/m1./s1. The second-order valence-corrected chi connectivity index (χ2v) is 24.8. The fourth-order valence-electron chi connectivity index (χ4n) is 10.0. The van der Waals surface area contributed by atoms with E-state index in [2.05, 4.69) is 73.8 Å². The van der Waals surface area contributed by atoms with Gasteiger partial charge in [0.25, 0.3) is 0 Å². The van der Waals surface area contributed by atoms with Crippen molar-refractivity contribution in [2.24, 2.45) is 11.3 Å². The first kappa shape index (κ1) is 62.7. The van der Waals surface area contributed by atoms with Crippen LogP contribution in [0, 0.1) is 24.8 Å². The summed E-state index contributed by atoms with van der Waals surface area (Å²) < 4.78 is 24.9. The van der Waals surface area contributed by atoms with Gasteiger partial charge in [0.1, 0.15) is 17.6 Å². The number of sulfonamides is 1. The van der Waals surface area contributed by atoms with Gasteiger partial charge in [0.2, 0.25) is 45.5 Å². The number of nitrogens with one attached hydrogen (secondary N) is 8. The van der Waals surface area contributed by atoms with Gasteiger partial charge in [-0.25, -0.2) is 12.7 Å². The van der Waals surface area contributed by atoms with Gasteiger partial charge in [-0.2, -0.15) is 24.1 Å².